The van der Waals surface area contributed by atoms with E-state index in [2.05, 4.69) is 41.3 Å². The van der Waals surface area contributed by atoms with Crippen molar-refractivity contribution < 1.29 is 0 Å². The van der Waals surface area contributed by atoms with Crippen molar-refractivity contribution in [3.63, 3.8) is 0 Å². The summed E-state index contributed by atoms with van der Waals surface area (Å²) >= 11 is 0. The number of aryl methyl sites for hydroxylation is 1. The zero-order valence-corrected chi connectivity index (χ0v) is 10.9. The summed E-state index contributed by atoms with van der Waals surface area (Å²) in [6.45, 7) is 5.19. The fourth-order valence-corrected chi connectivity index (χ4v) is 1.96. The first kappa shape index (κ1) is 12.7. The highest BCUT2D eigenvalue weighted by Crippen LogP contribution is 2.20. The van der Waals surface area contributed by atoms with E-state index >= 15 is 0 Å². The molecule has 2 heterocycles. The number of rotatable bonds is 5. The lowest BCUT2D eigenvalue weighted by atomic mass is 10.0. The highest BCUT2D eigenvalue weighted by Gasteiger charge is 2.14. The molecule has 1 unspecified atom stereocenters. The number of nitrogens with zero attached hydrogens (tertiary/aromatic N) is 2. The Labute approximate surface area is 108 Å². The molecule has 1 N–H and O–H groups in total. The fraction of sp³-hybridized carbons (Fsp3) is 0.333. The van der Waals surface area contributed by atoms with Crippen LogP contribution in [-0.2, 0) is 0 Å². The molecule has 3 nitrogen and oxygen atoms in total. The summed E-state index contributed by atoms with van der Waals surface area (Å²) in [5.74, 6) is 0. The van der Waals surface area contributed by atoms with Gasteiger partial charge in [0.25, 0.3) is 0 Å². The minimum atomic E-state index is 0.124. The van der Waals surface area contributed by atoms with E-state index in [1.165, 1.54) is 11.1 Å². The van der Waals surface area contributed by atoms with Crippen LogP contribution in [0.3, 0.4) is 0 Å². The van der Waals surface area contributed by atoms with Gasteiger partial charge in [0.15, 0.2) is 0 Å². The number of hydrogen-bond donors (Lipinski definition) is 1. The van der Waals surface area contributed by atoms with Gasteiger partial charge in [-0.1, -0.05) is 19.1 Å². The molecular weight excluding hydrogens is 222 g/mol. The maximum absolute atomic E-state index is 4.45. The Kier molecular flexibility index (Phi) is 4.42. The largest absolute Gasteiger partial charge is 0.305 e. The van der Waals surface area contributed by atoms with Crippen LogP contribution in [0.4, 0.5) is 0 Å². The third kappa shape index (κ3) is 3.14. The first-order valence-electron chi connectivity index (χ1n) is 6.37. The van der Waals surface area contributed by atoms with Crippen LogP contribution >= 0.6 is 0 Å². The third-order valence-electron chi connectivity index (χ3n) is 2.81. The second kappa shape index (κ2) is 6.26. The van der Waals surface area contributed by atoms with Crippen LogP contribution in [0.2, 0.25) is 0 Å². The average molecular weight is 241 g/mol. The summed E-state index contributed by atoms with van der Waals surface area (Å²) in [5, 5.41) is 3.53. The van der Waals surface area contributed by atoms with E-state index in [4.69, 9.17) is 0 Å². The minimum Gasteiger partial charge on any atom is -0.305 e. The third-order valence-corrected chi connectivity index (χ3v) is 2.81. The monoisotopic (exact) mass is 241 g/mol. The maximum Gasteiger partial charge on any atom is 0.0766 e. The lowest BCUT2D eigenvalue weighted by Gasteiger charge is -2.18. The summed E-state index contributed by atoms with van der Waals surface area (Å²) in [5.41, 5.74) is 3.38. The van der Waals surface area contributed by atoms with Crippen molar-refractivity contribution in [2.45, 2.75) is 26.3 Å². The van der Waals surface area contributed by atoms with E-state index < -0.39 is 0 Å². The van der Waals surface area contributed by atoms with E-state index in [1.807, 2.05) is 30.7 Å². The molecule has 94 valence electrons. The van der Waals surface area contributed by atoms with Gasteiger partial charge in [0.2, 0.25) is 0 Å². The van der Waals surface area contributed by atoms with Crippen molar-refractivity contribution in [3.05, 3.63) is 59.7 Å². The molecule has 0 aliphatic rings. The average Bonchev–Trinajstić information content (AvgIpc) is 2.40. The van der Waals surface area contributed by atoms with Gasteiger partial charge in [0.05, 0.1) is 11.7 Å². The zero-order chi connectivity index (χ0) is 12.8. The molecule has 0 fully saturated rings. The quantitative estimate of drug-likeness (QED) is 0.874. The van der Waals surface area contributed by atoms with Crippen molar-refractivity contribution in [3.8, 4) is 0 Å². The normalized spacial score (nSPS) is 12.3. The smallest absolute Gasteiger partial charge is 0.0766 e. The molecular formula is C15H19N3. The van der Waals surface area contributed by atoms with Crippen molar-refractivity contribution in [2.24, 2.45) is 0 Å². The molecule has 0 aliphatic heterocycles. The molecule has 2 rings (SSSR count). The van der Waals surface area contributed by atoms with Crippen LogP contribution in [0.5, 0.6) is 0 Å². The molecule has 0 aromatic carbocycles. The molecule has 0 aliphatic carbocycles. The van der Waals surface area contributed by atoms with Crippen LogP contribution in [0, 0.1) is 6.92 Å². The lowest BCUT2D eigenvalue weighted by molar-refractivity contribution is 0.584. The number of nitrogens with one attached hydrogen (secondary N) is 1. The van der Waals surface area contributed by atoms with E-state index in [0.29, 0.717) is 0 Å². The standard InChI is InChI=1S/C15H19N3/c1-3-7-18-15(14-6-4-5-8-17-14)13-9-12(2)10-16-11-13/h4-6,8-11,15,18H,3,7H2,1-2H3. The predicted molar refractivity (Wildman–Crippen MR) is 73.3 cm³/mol. The van der Waals surface area contributed by atoms with Gasteiger partial charge in [-0.15, -0.1) is 0 Å². The minimum absolute atomic E-state index is 0.124. The van der Waals surface area contributed by atoms with Gasteiger partial charge in [-0.3, -0.25) is 9.97 Å². The SMILES string of the molecule is CCCNC(c1cncc(C)c1)c1ccccn1. The van der Waals surface area contributed by atoms with E-state index in [1.54, 1.807) is 0 Å². The highest BCUT2D eigenvalue weighted by molar-refractivity contribution is 5.27. The molecule has 1 atom stereocenters. The van der Waals surface area contributed by atoms with Crippen LogP contribution in [0.15, 0.2) is 42.9 Å². The van der Waals surface area contributed by atoms with Crippen molar-refractivity contribution in [1.82, 2.24) is 15.3 Å². The Morgan fingerprint density at radius 3 is 2.83 bits per heavy atom. The van der Waals surface area contributed by atoms with Gasteiger partial charge in [-0.25, -0.2) is 0 Å². The molecule has 0 saturated carbocycles. The molecule has 0 amide bonds. The predicted octanol–water partition coefficient (Wildman–Crippen LogP) is 2.87. The van der Waals surface area contributed by atoms with Gasteiger partial charge in [-0.2, -0.15) is 0 Å². The van der Waals surface area contributed by atoms with Gasteiger partial charge >= 0.3 is 0 Å². The first-order chi connectivity index (χ1) is 8.81. The van der Waals surface area contributed by atoms with Gasteiger partial charge in [-0.05, 0) is 43.1 Å². The molecule has 0 bridgehead atoms. The highest BCUT2D eigenvalue weighted by atomic mass is 14.9. The van der Waals surface area contributed by atoms with Crippen LogP contribution in [-0.4, -0.2) is 16.5 Å². The van der Waals surface area contributed by atoms with E-state index in [-0.39, 0.29) is 6.04 Å². The Morgan fingerprint density at radius 2 is 2.17 bits per heavy atom. The Hall–Kier alpha value is -1.74. The van der Waals surface area contributed by atoms with Crippen molar-refractivity contribution >= 4 is 0 Å². The summed E-state index contributed by atoms with van der Waals surface area (Å²) < 4.78 is 0. The second-order valence-corrected chi connectivity index (χ2v) is 4.44. The number of pyridine rings is 2. The number of hydrogen-bond acceptors (Lipinski definition) is 3. The maximum atomic E-state index is 4.45. The van der Waals surface area contributed by atoms with Crippen LogP contribution in [0.25, 0.3) is 0 Å². The Bertz CT molecular complexity index is 482. The lowest BCUT2D eigenvalue weighted by Crippen LogP contribution is -2.24. The first-order valence-corrected chi connectivity index (χ1v) is 6.37. The van der Waals surface area contributed by atoms with Crippen molar-refractivity contribution in [1.29, 1.82) is 0 Å². The Balaban J connectivity index is 2.31. The summed E-state index contributed by atoms with van der Waals surface area (Å²) in [4.78, 5) is 8.72. The van der Waals surface area contributed by atoms with Gasteiger partial charge in [0, 0.05) is 18.6 Å². The van der Waals surface area contributed by atoms with Crippen molar-refractivity contribution in [2.75, 3.05) is 6.54 Å². The molecule has 3 heteroatoms. The molecule has 0 spiro atoms. The second-order valence-electron chi connectivity index (χ2n) is 4.44. The number of aromatic nitrogens is 2. The Morgan fingerprint density at radius 1 is 1.28 bits per heavy atom. The topological polar surface area (TPSA) is 37.8 Å². The fourth-order valence-electron chi connectivity index (χ4n) is 1.96. The zero-order valence-electron chi connectivity index (χ0n) is 10.9. The van der Waals surface area contributed by atoms with Gasteiger partial charge in [0.1, 0.15) is 0 Å². The van der Waals surface area contributed by atoms with E-state index in [0.717, 1.165) is 18.7 Å². The molecule has 2 aromatic heterocycles. The van der Waals surface area contributed by atoms with Gasteiger partial charge < -0.3 is 5.32 Å². The van der Waals surface area contributed by atoms with E-state index in [9.17, 15) is 0 Å². The molecule has 2 aromatic rings. The summed E-state index contributed by atoms with van der Waals surface area (Å²) in [7, 11) is 0. The van der Waals surface area contributed by atoms with Crippen LogP contribution in [0.1, 0.15) is 36.2 Å². The van der Waals surface area contributed by atoms with Crippen LogP contribution < -0.4 is 5.32 Å². The molecule has 18 heavy (non-hydrogen) atoms. The summed E-state index contributed by atoms with van der Waals surface area (Å²) in [6.07, 6.45) is 6.72. The molecule has 0 radical (unpaired) electrons. The molecule has 0 saturated heterocycles. The summed E-state index contributed by atoms with van der Waals surface area (Å²) in [6, 6.07) is 8.30.